The molecule has 1 N–H and O–H groups in total. The van der Waals surface area contributed by atoms with E-state index in [1.54, 1.807) is 6.92 Å². The number of carbonyl (C=O) groups is 1. The van der Waals surface area contributed by atoms with E-state index in [4.69, 9.17) is 9.47 Å². The number of nitrogens with zero attached hydrogens (tertiary/aromatic N) is 1. The number of nitrogens with one attached hydrogen (secondary N) is 1. The van der Waals surface area contributed by atoms with E-state index < -0.39 is 5.60 Å². The molecule has 0 atom stereocenters. The zero-order chi connectivity index (χ0) is 17.0. The average molecular weight is 334 g/mol. The van der Waals surface area contributed by atoms with E-state index in [1.807, 2.05) is 52.0 Å². The van der Waals surface area contributed by atoms with Crippen molar-refractivity contribution in [1.29, 1.82) is 0 Å². The van der Waals surface area contributed by atoms with Crippen LogP contribution >= 0.6 is 11.3 Å². The molecular weight excluding hydrogens is 312 g/mol. The molecule has 2 rings (SSSR count). The molecule has 124 valence electrons. The Kier molecular flexibility index (Phi) is 5.26. The van der Waals surface area contributed by atoms with Crippen molar-refractivity contribution in [2.45, 2.75) is 40.2 Å². The fraction of sp³-hybridized carbons (Fsp3) is 0.412. The topological polar surface area (TPSA) is 60.5 Å². The maximum atomic E-state index is 12.2. The standard InChI is InChI=1S/C17H22N2O3S/c1-6-21-13-10-8-7-9-12(13)19-16-18-11(2)14(23-16)15(20)22-17(3,4)5/h7-10H,6H2,1-5H3,(H,18,19). The highest BCUT2D eigenvalue weighted by Crippen LogP contribution is 2.31. The molecule has 6 heteroatoms. The third-order valence-corrected chi connectivity index (χ3v) is 3.86. The van der Waals surface area contributed by atoms with Crippen LogP contribution < -0.4 is 10.1 Å². The molecule has 0 saturated carbocycles. The van der Waals surface area contributed by atoms with Crippen LogP contribution in [-0.4, -0.2) is 23.2 Å². The number of aromatic nitrogens is 1. The van der Waals surface area contributed by atoms with Gasteiger partial charge in [0, 0.05) is 0 Å². The Morgan fingerprint density at radius 1 is 1.30 bits per heavy atom. The summed E-state index contributed by atoms with van der Waals surface area (Å²) in [5.74, 6) is 0.403. The molecule has 1 heterocycles. The minimum Gasteiger partial charge on any atom is -0.492 e. The first-order valence-corrected chi connectivity index (χ1v) is 8.31. The third kappa shape index (κ3) is 4.69. The van der Waals surface area contributed by atoms with Gasteiger partial charge in [-0.3, -0.25) is 0 Å². The van der Waals surface area contributed by atoms with Gasteiger partial charge in [-0.05, 0) is 46.8 Å². The summed E-state index contributed by atoms with van der Waals surface area (Å²) in [5.41, 5.74) is 0.947. The van der Waals surface area contributed by atoms with Crippen molar-refractivity contribution >= 4 is 28.1 Å². The highest BCUT2D eigenvalue weighted by Gasteiger charge is 2.22. The Hall–Kier alpha value is -2.08. The fourth-order valence-electron chi connectivity index (χ4n) is 1.93. The van der Waals surface area contributed by atoms with E-state index in [-0.39, 0.29) is 5.97 Å². The van der Waals surface area contributed by atoms with Gasteiger partial charge in [0.2, 0.25) is 0 Å². The summed E-state index contributed by atoms with van der Waals surface area (Å²) < 4.78 is 11.0. The van der Waals surface area contributed by atoms with Crippen LogP contribution in [0.15, 0.2) is 24.3 Å². The molecule has 0 saturated heterocycles. The summed E-state index contributed by atoms with van der Waals surface area (Å²) in [4.78, 5) is 17.1. The van der Waals surface area contributed by atoms with Crippen LogP contribution in [0.3, 0.4) is 0 Å². The lowest BCUT2D eigenvalue weighted by atomic mass is 10.2. The van der Waals surface area contributed by atoms with E-state index in [0.29, 0.717) is 22.3 Å². The van der Waals surface area contributed by atoms with Crippen LogP contribution in [0.5, 0.6) is 5.75 Å². The predicted molar refractivity (Wildman–Crippen MR) is 92.9 cm³/mol. The molecule has 0 radical (unpaired) electrons. The van der Waals surface area contributed by atoms with E-state index >= 15 is 0 Å². The minimum absolute atomic E-state index is 0.348. The number of benzene rings is 1. The number of carbonyl (C=O) groups excluding carboxylic acids is 1. The van der Waals surface area contributed by atoms with Crippen molar-refractivity contribution in [1.82, 2.24) is 4.98 Å². The molecular formula is C17H22N2O3S. The van der Waals surface area contributed by atoms with Gasteiger partial charge in [0.05, 0.1) is 18.0 Å². The van der Waals surface area contributed by atoms with Crippen LogP contribution in [0.25, 0.3) is 0 Å². The van der Waals surface area contributed by atoms with E-state index in [2.05, 4.69) is 10.3 Å². The van der Waals surface area contributed by atoms with Crippen molar-refractivity contribution in [3.63, 3.8) is 0 Å². The second-order valence-electron chi connectivity index (χ2n) is 5.99. The Bertz CT molecular complexity index is 689. The predicted octanol–water partition coefficient (Wildman–Crippen LogP) is 4.55. The molecule has 0 aliphatic heterocycles. The highest BCUT2D eigenvalue weighted by atomic mass is 32.1. The Morgan fingerprint density at radius 2 is 2.00 bits per heavy atom. The molecule has 5 nitrogen and oxygen atoms in total. The van der Waals surface area contributed by atoms with Crippen LogP contribution in [0, 0.1) is 6.92 Å². The van der Waals surface area contributed by atoms with Crippen molar-refractivity contribution in [2.24, 2.45) is 0 Å². The first-order chi connectivity index (χ1) is 10.8. The fourth-order valence-corrected chi connectivity index (χ4v) is 2.79. The normalized spacial score (nSPS) is 11.2. The Labute approximate surface area is 140 Å². The molecule has 0 aliphatic rings. The van der Waals surface area contributed by atoms with Gasteiger partial charge < -0.3 is 14.8 Å². The quantitative estimate of drug-likeness (QED) is 0.813. The number of aryl methyl sites for hydroxylation is 1. The van der Waals surface area contributed by atoms with Crippen molar-refractivity contribution in [3.8, 4) is 5.75 Å². The van der Waals surface area contributed by atoms with Crippen molar-refractivity contribution in [2.75, 3.05) is 11.9 Å². The van der Waals surface area contributed by atoms with Gasteiger partial charge in [-0.1, -0.05) is 23.5 Å². The van der Waals surface area contributed by atoms with Crippen LogP contribution in [0.1, 0.15) is 43.1 Å². The largest absolute Gasteiger partial charge is 0.492 e. The van der Waals surface area contributed by atoms with Crippen molar-refractivity contribution in [3.05, 3.63) is 34.8 Å². The summed E-state index contributed by atoms with van der Waals surface area (Å²) in [6, 6.07) is 7.63. The first-order valence-electron chi connectivity index (χ1n) is 7.50. The molecule has 0 fully saturated rings. The second kappa shape index (κ2) is 7.00. The van der Waals surface area contributed by atoms with Gasteiger partial charge in [0.25, 0.3) is 0 Å². The van der Waals surface area contributed by atoms with Crippen molar-refractivity contribution < 1.29 is 14.3 Å². The SMILES string of the molecule is CCOc1ccccc1Nc1nc(C)c(C(=O)OC(C)(C)C)s1. The molecule has 23 heavy (non-hydrogen) atoms. The van der Waals surface area contributed by atoms with Gasteiger partial charge in [-0.15, -0.1) is 0 Å². The van der Waals surface area contributed by atoms with Gasteiger partial charge in [0.1, 0.15) is 16.2 Å². The van der Waals surface area contributed by atoms with Gasteiger partial charge in [0.15, 0.2) is 5.13 Å². The number of para-hydroxylation sites is 2. The second-order valence-corrected chi connectivity index (χ2v) is 6.99. The van der Waals surface area contributed by atoms with Crippen LogP contribution in [0.2, 0.25) is 0 Å². The summed E-state index contributed by atoms with van der Waals surface area (Å²) >= 11 is 1.28. The smallest absolute Gasteiger partial charge is 0.350 e. The maximum Gasteiger partial charge on any atom is 0.350 e. The van der Waals surface area contributed by atoms with E-state index in [9.17, 15) is 4.79 Å². The molecule has 0 amide bonds. The molecule has 0 unspecified atom stereocenters. The lowest BCUT2D eigenvalue weighted by Gasteiger charge is -2.18. The zero-order valence-electron chi connectivity index (χ0n) is 14.1. The summed E-state index contributed by atoms with van der Waals surface area (Å²) in [6.07, 6.45) is 0. The lowest BCUT2D eigenvalue weighted by molar-refractivity contribution is 0.00742. The molecule has 1 aromatic heterocycles. The van der Waals surface area contributed by atoms with E-state index in [1.165, 1.54) is 11.3 Å². The third-order valence-electron chi connectivity index (χ3n) is 2.81. The number of hydrogen-bond acceptors (Lipinski definition) is 6. The molecule has 0 aliphatic carbocycles. The molecule has 0 spiro atoms. The Morgan fingerprint density at radius 3 is 2.65 bits per heavy atom. The lowest BCUT2D eigenvalue weighted by Crippen LogP contribution is -2.23. The van der Waals surface area contributed by atoms with Gasteiger partial charge >= 0.3 is 5.97 Å². The molecule has 0 bridgehead atoms. The van der Waals surface area contributed by atoms with E-state index in [0.717, 1.165) is 11.4 Å². The monoisotopic (exact) mass is 334 g/mol. The summed E-state index contributed by atoms with van der Waals surface area (Å²) in [5, 5.41) is 3.85. The minimum atomic E-state index is -0.525. The number of rotatable bonds is 5. The summed E-state index contributed by atoms with van der Waals surface area (Å²) in [7, 11) is 0. The summed E-state index contributed by atoms with van der Waals surface area (Å²) in [6.45, 7) is 9.86. The average Bonchev–Trinajstić information content (AvgIpc) is 2.80. The zero-order valence-corrected chi connectivity index (χ0v) is 14.9. The van der Waals surface area contributed by atoms with Crippen LogP contribution in [-0.2, 0) is 4.74 Å². The Balaban J connectivity index is 2.20. The number of esters is 1. The number of anilines is 2. The first kappa shape index (κ1) is 17.3. The molecule has 2 aromatic rings. The van der Waals surface area contributed by atoms with Crippen LogP contribution in [0.4, 0.5) is 10.8 Å². The number of ether oxygens (including phenoxy) is 2. The van der Waals surface area contributed by atoms with Gasteiger partial charge in [-0.2, -0.15) is 0 Å². The highest BCUT2D eigenvalue weighted by molar-refractivity contribution is 7.17. The number of hydrogen-bond donors (Lipinski definition) is 1. The van der Waals surface area contributed by atoms with Gasteiger partial charge in [-0.25, -0.2) is 9.78 Å². The maximum absolute atomic E-state index is 12.2. The number of thiazole rings is 1. The molecule has 1 aromatic carbocycles.